The SMILES string of the molecule is Cc1ccc(C)c(NC(=O)CCN2CCCC2)c1. The summed E-state index contributed by atoms with van der Waals surface area (Å²) < 4.78 is 0. The minimum absolute atomic E-state index is 0.121. The minimum Gasteiger partial charge on any atom is -0.326 e. The molecule has 0 aromatic heterocycles. The van der Waals surface area contributed by atoms with E-state index in [2.05, 4.69) is 16.3 Å². The van der Waals surface area contributed by atoms with E-state index in [0.29, 0.717) is 6.42 Å². The van der Waals surface area contributed by atoms with Gasteiger partial charge in [-0.3, -0.25) is 4.79 Å². The van der Waals surface area contributed by atoms with Crippen molar-refractivity contribution in [1.29, 1.82) is 0 Å². The highest BCUT2D eigenvalue weighted by Crippen LogP contribution is 2.16. The molecule has 0 saturated carbocycles. The van der Waals surface area contributed by atoms with E-state index in [9.17, 15) is 4.79 Å². The van der Waals surface area contributed by atoms with Crippen molar-refractivity contribution in [3.63, 3.8) is 0 Å². The zero-order valence-electron chi connectivity index (χ0n) is 11.3. The van der Waals surface area contributed by atoms with Crippen LogP contribution in [-0.2, 0) is 4.79 Å². The number of hydrogen-bond acceptors (Lipinski definition) is 2. The second-order valence-electron chi connectivity index (χ2n) is 5.17. The van der Waals surface area contributed by atoms with Crippen LogP contribution >= 0.6 is 0 Å². The van der Waals surface area contributed by atoms with Gasteiger partial charge in [-0.25, -0.2) is 0 Å². The van der Waals surface area contributed by atoms with Crippen LogP contribution in [-0.4, -0.2) is 30.4 Å². The van der Waals surface area contributed by atoms with Gasteiger partial charge in [-0.15, -0.1) is 0 Å². The summed E-state index contributed by atoms with van der Waals surface area (Å²) in [6, 6.07) is 6.14. The molecule has 0 bridgehead atoms. The van der Waals surface area contributed by atoms with Gasteiger partial charge in [0.25, 0.3) is 0 Å². The van der Waals surface area contributed by atoms with Crippen LogP contribution in [0.4, 0.5) is 5.69 Å². The van der Waals surface area contributed by atoms with Crippen LogP contribution in [0.5, 0.6) is 0 Å². The molecular formula is C15H22N2O. The van der Waals surface area contributed by atoms with E-state index >= 15 is 0 Å². The number of aryl methyl sites for hydroxylation is 2. The molecular weight excluding hydrogens is 224 g/mol. The van der Waals surface area contributed by atoms with Gasteiger partial charge in [0.15, 0.2) is 0 Å². The highest BCUT2D eigenvalue weighted by molar-refractivity contribution is 5.91. The van der Waals surface area contributed by atoms with Gasteiger partial charge in [0.1, 0.15) is 0 Å². The van der Waals surface area contributed by atoms with Gasteiger partial charge in [0.2, 0.25) is 5.91 Å². The van der Waals surface area contributed by atoms with E-state index in [1.54, 1.807) is 0 Å². The van der Waals surface area contributed by atoms with Crippen LogP contribution in [0.1, 0.15) is 30.4 Å². The summed E-state index contributed by atoms with van der Waals surface area (Å²) in [5, 5.41) is 3.01. The molecule has 18 heavy (non-hydrogen) atoms. The smallest absolute Gasteiger partial charge is 0.225 e. The molecule has 1 fully saturated rings. The lowest BCUT2D eigenvalue weighted by Crippen LogP contribution is -2.25. The highest BCUT2D eigenvalue weighted by Gasteiger charge is 2.13. The molecule has 1 amide bonds. The zero-order valence-corrected chi connectivity index (χ0v) is 11.3. The predicted molar refractivity (Wildman–Crippen MR) is 74.8 cm³/mol. The van der Waals surface area contributed by atoms with Crippen molar-refractivity contribution in [2.24, 2.45) is 0 Å². The summed E-state index contributed by atoms with van der Waals surface area (Å²) in [6.07, 6.45) is 3.14. The molecule has 1 aliphatic rings. The number of hydrogen-bond donors (Lipinski definition) is 1. The standard InChI is InChI=1S/C15H22N2O/c1-12-5-6-13(2)14(11-12)16-15(18)7-10-17-8-3-4-9-17/h5-6,11H,3-4,7-10H2,1-2H3,(H,16,18). The number of rotatable bonds is 4. The van der Waals surface area contributed by atoms with Gasteiger partial charge >= 0.3 is 0 Å². The van der Waals surface area contributed by atoms with Crippen molar-refractivity contribution in [2.75, 3.05) is 25.0 Å². The van der Waals surface area contributed by atoms with Crippen LogP contribution in [0.2, 0.25) is 0 Å². The summed E-state index contributed by atoms with van der Waals surface area (Å²) in [6.45, 7) is 7.25. The molecule has 1 aromatic rings. The molecule has 1 saturated heterocycles. The molecule has 98 valence electrons. The molecule has 0 atom stereocenters. The number of amides is 1. The molecule has 0 aliphatic carbocycles. The van der Waals surface area contributed by atoms with Crippen LogP contribution in [0.25, 0.3) is 0 Å². The van der Waals surface area contributed by atoms with E-state index in [4.69, 9.17) is 0 Å². The third kappa shape index (κ3) is 3.57. The Kier molecular flexibility index (Phi) is 4.37. The summed E-state index contributed by atoms with van der Waals surface area (Å²) in [5.74, 6) is 0.121. The maximum atomic E-state index is 11.9. The Balaban J connectivity index is 1.84. The molecule has 0 unspecified atom stereocenters. The third-order valence-electron chi connectivity index (χ3n) is 3.52. The number of carbonyl (C=O) groups excluding carboxylic acids is 1. The van der Waals surface area contributed by atoms with Gasteiger partial charge < -0.3 is 10.2 Å². The highest BCUT2D eigenvalue weighted by atomic mass is 16.1. The van der Waals surface area contributed by atoms with Crippen molar-refractivity contribution in [2.45, 2.75) is 33.1 Å². The molecule has 3 heteroatoms. The molecule has 1 N–H and O–H groups in total. The largest absolute Gasteiger partial charge is 0.326 e. The second-order valence-corrected chi connectivity index (χ2v) is 5.17. The predicted octanol–water partition coefficient (Wildman–Crippen LogP) is 2.73. The van der Waals surface area contributed by atoms with E-state index in [0.717, 1.165) is 30.9 Å². The number of likely N-dealkylation sites (tertiary alicyclic amines) is 1. The fraction of sp³-hybridized carbons (Fsp3) is 0.533. The van der Waals surface area contributed by atoms with Crippen molar-refractivity contribution in [3.8, 4) is 0 Å². The summed E-state index contributed by atoms with van der Waals surface area (Å²) >= 11 is 0. The van der Waals surface area contributed by atoms with Crippen molar-refractivity contribution < 1.29 is 4.79 Å². The van der Waals surface area contributed by atoms with Crippen molar-refractivity contribution >= 4 is 11.6 Å². The Hall–Kier alpha value is -1.35. The van der Waals surface area contributed by atoms with Crippen LogP contribution in [0, 0.1) is 13.8 Å². The van der Waals surface area contributed by atoms with E-state index in [-0.39, 0.29) is 5.91 Å². The maximum Gasteiger partial charge on any atom is 0.225 e. The fourth-order valence-corrected chi connectivity index (χ4v) is 2.35. The van der Waals surface area contributed by atoms with Crippen LogP contribution in [0.15, 0.2) is 18.2 Å². The lowest BCUT2D eigenvalue weighted by atomic mass is 10.1. The van der Waals surface area contributed by atoms with Crippen LogP contribution < -0.4 is 5.32 Å². The Morgan fingerprint density at radius 2 is 2.00 bits per heavy atom. The quantitative estimate of drug-likeness (QED) is 0.886. The molecule has 0 radical (unpaired) electrons. The maximum absolute atomic E-state index is 11.9. The molecule has 3 nitrogen and oxygen atoms in total. The summed E-state index contributed by atoms with van der Waals surface area (Å²) in [4.78, 5) is 14.3. The second kappa shape index (κ2) is 6.01. The van der Waals surface area contributed by atoms with Gasteiger partial charge in [-0.05, 0) is 57.0 Å². The Morgan fingerprint density at radius 3 is 2.72 bits per heavy atom. The number of anilines is 1. The first kappa shape index (κ1) is 13.1. The minimum atomic E-state index is 0.121. The third-order valence-corrected chi connectivity index (χ3v) is 3.52. The summed E-state index contributed by atoms with van der Waals surface area (Å²) in [5.41, 5.74) is 3.24. The Morgan fingerprint density at radius 1 is 1.28 bits per heavy atom. The normalized spacial score (nSPS) is 15.9. The van der Waals surface area contributed by atoms with Crippen molar-refractivity contribution in [1.82, 2.24) is 4.90 Å². The number of nitrogens with one attached hydrogen (secondary N) is 1. The van der Waals surface area contributed by atoms with E-state index in [1.807, 2.05) is 26.0 Å². The topological polar surface area (TPSA) is 32.3 Å². The molecule has 1 heterocycles. The fourth-order valence-electron chi connectivity index (χ4n) is 2.35. The molecule has 0 spiro atoms. The average Bonchev–Trinajstić information content (AvgIpc) is 2.84. The molecule has 1 aromatic carbocycles. The van der Waals surface area contributed by atoms with E-state index in [1.165, 1.54) is 18.4 Å². The number of carbonyl (C=O) groups is 1. The lowest BCUT2D eigenvalue weighted by molar-refractivity contribution is -0.116. The first-order valence-electron chi connectivity index (χ1n) is 6.74. The van der Waals surface area contributed by atoms with Crippen LogP contribution in [0.3, 0.4) is 0 Å². The monoisotopic (exact) mass is 246 g/mol. The first-order valence-corrected chi connectivity index (χ1v) is 6.74. The molecule has 2 rings (SSSR count). The summed E-state index contributed by atoms with van der Waals surface area (Å²) in [7, 11) is 0. The number of benzene rings is 1. The zero-order chi connectivity index (χ0) is 13.0. The Labute approximate surface area is 109 Å². The lowest BCUT2D eigenvalue weighted by Gasteiger charge is -2.14. The van der Waals surface area contributed by atoms with Gasteiger partial charge in [0, 0.05) is 18.7 Å². The first-order chi connectivity index (χ1) is 8.65. The van der Waals surface area contributed by atoms with Gasteiger partial charge in [0.05, 0.1) is 0 Å². The molecule has 1 aliphatic heterocycles. The average molecular weight is 246 g/mol. The number of nitrogens with zero attached hydrogens (tertiary/aromatic N) is 1. The van der Waals surface area contributed by atoms with Crippen molar-refractivity contribution in [3.05, 3.63) is 29.3 Å². The van der Waals surface area contributed by atoms with Gasteiger partial charge in [-0.2, -0.15) is 0 Å². The van der Waals surface area contributed by atoms with E-state index < -0.39 is 0 Å². The van der Waals surface area contributed by atoms with Gasteiger partial charge in [-0.1, -0.05) is 12.1 Å². The Bertz CT molecular complexity index is 423.